The maximum Gasteiger partial charge on any atom is 0.250 e. The summed E-state index contributed by atoms with van der Waals surface area (Å²) >= 11 is 0. The Balaban J connectivity index is 2.68. The van der Waals surface area contributed by atoms with Gasteiger partial charge in [-0.1, -0.05) is 30.3 Å². The molecule has 0 heterocycles. The predicted molar refractivity (Wildman–Crippen MR) is 74.9 cm³/mol. The number of amides is 3. The number of hydrogen-bond donors (Lipinski definition) is 3. The van der Waals surface area contributed by atoms with Gasteiger partial charge in [0.15, 0.2) is 6.61 Å². The zero-order valence-corrected chi connectivity index (χ0v) is 11.8. The van der Waals surface area contributed by atoms with Crippen LogP contribution < -0.4 is 16.0 Å². The number of halogens is 1. The second kappa shape index (κ2) is 9.46. The molecule has 0 aliphatic heterocycles. The molecule has 0 spiro atoms. The second-order valence-corrected chi connectivity index (χ2v) is 4.31. The van der Waals surface area contributed by atoms with Crippen molar-refractivity contribution in [2.24, 2.45) is 0 Å². The lowest BCUT2D eigenvalue weighted by Gasteiger charge is -2.18. The molecule has 0 bridgehead atoms. The van der Waals surface area contributed by atoms with E-state index in [1.54, 1.807) is 30.3 Å². The first-order valence-corrected chi connectivity index (χ1v) is 6.61. The van der Waals surface area contributed by atoms with Gasteiger partial charge in [-0.3, -0.25) is 14.4 Å². The van der Waals surface area contributed by atoms with Crippen LogP contribution in [-0.4, -0.2) is 44.1 Å². The van der Waals surface area contributed by atoms with Gasteiger partial charge in [-0.2, -0.15) is 0 Å². The summed E-state index contributed by atoms with van der Waals surface area (Å²) in [5.74, 6) is -2.01. The summed E-state index contributed by atoms with van der Waals surface area (Å²) in [4.78, 5) is 34.7. The first kappa shape index (κ1) is 17.6. The van der Waals surface area contributed by atoms with E-state index in [1.165, 1.54) is 0 Å². The summed E-state index contributed by atoms with van der Waals surface area (Å²) in [5.41, 5.74) is 0.478. The van der Waals surface area contributed by atoms with Crippen LogP contribution in [0.25, 0.3) is 0 Å². The fourth-order valence-electron chi connectivity index (χ4n) is 1.67. The third-order valence-corrected chi connectivity index (χ3v) is 2.67. The Morgan fingerprint density at radius 2 is 1.73 bits per heavy atom. The van der Waals surface area contributed by atoms with Gasteiger partial charge in [-0.25, -0.2) is 9.50 Å². The Kier molecular flexibility index (Phi) is 7.55. The molecule has 1 aromatic rings. The molecular formula is C14H17FN3O4. The number of alkyl halides is 1. The topological polar surface area (TPSA) is 107 Å². The number of carbonyl (C=O) groups excluding carboxylic acids is 3. The summed E-state index contributed by atoms with van der Waals surface area (Å²) in [6.45, 7) is -2.20. The third-order valence-electron chi connectivity index (χ3n) is 2.67. The average molecular weight is 310 g/mol. The zero-order valence-electron chi connectivity index (χ0n) is 11.8. The van der Waals surface area contributed by atoms with Gasteiger partial charge in [0, 0.05) is 6.54 Å². The molecule has 7 nitrogen and oxygen atoms in total. The number of hydrogen-bond acceptors (Lipinski definition) is 3. The molecule has 22 heavy (non-hydrogen) atoms. The molecule has 0 saturated heterocycles. The van der Waals surface area contributed by atoms with Crippen LogP contribution in [0.5, 0.6) is 0 Å². The second-order valence-electron chi connectivity index (χ2n) is 4.31. The molecular weight excluding hydrogens is 293 g/mol. The highest BCUT2D eigenvalue weighted by Crippen LogP contribution is 2.12. The molecule has 8 heteroatoms. The Morgan fingerprint density at radius 1 is 1.05 bits per heavy atom. The van der Waals surface area contributed by atoms with Gasteiger partial charge >= 0.3 is 0 Å². The maximum atomic E-state index is 12.1. The summed E-state index contributed by atoms with van der Waals surface area (Å²) in [6.07, 6.45) is 0. The van der Waals surface area contributed by atoms with Crippen molar-refractivity contribution in [3.8, 4) is 0 Å². The van der Waals surface area contributed by atoms with Gasteiger partial charge in [0.2, 0.25) is 17.7 Å². The standard InChI is InChI=1S/C14H17FN3O4/c15-6-7-16-11(20)8-17-14(22)13(18-12(21)9-19)10-4-2-1-3-5-10/h1-5,13H,6-9H2,(H,16,20)(H,17,22)(H,18,21)/t13-/m1/s1. The molecule has 3 amide bonds. The minimum atomic E-state index is -1.07. The largest absolute Gasteiger partial charge is 0.352 e. The molecule has 1 radical (unpaired) electrons. The molecule has 1 aromatic carbocycles. The van der Waals surface area contributed by atoms with Crippen molar-refractivity contribution in [3.63, 3.8) is 0 Å². The molecule has 0 fully saturated rings. The van der Waals surface area contributed by atoms with Crippen LogP contribution in [0.2, 0.25) is 0 Å². The van der Waals surface area contributed by atoms with Crippen LogP contribution in [-0.2, 0) is 19.5 Å². The first-order valence-electron chi connectivity index (χ1n) is 6.61. The van der Waals surface area contributed by atoms with E-state index in [0.717, 1.165) is 0 Å². The molecule has 1 atom stereocenters. The van der Waals surface area contributed by atoms with Gasteiger partial charge < -0.3 is 16.0 Å². The molecule has 0 unspecified atom stereocenters. The SMILES string of the molecule is [O]CC(=O)N[C@@H](C(=O)NCC(=O)NCCF)c1ccccc1. The molecule has 119 valence electrons. The Bertz CT molecular complexity index is 510. The number of nitrogens with one attached hydrogen (secondary N) is 3. The van der Waals surface area contributed by atoms with Gasteiger partial charge in [0.25, 0.3) is 0 Å². The van der Waals surface area contributed by atoms with E-state index in [9.17, 15) is 23.9 Å². The van der Waals surface area contributed by atoms with Gasteiger partial charge in [-0.15, -0.1) is 0 Å². The molecule has 0 aliphatic rings. The average Bonchev–Trinajstić information content (AvgIpc) is 2.56. The van der Waals surface area contributed by atoms with E-state index in [2.05, 4.69) is 16.0 Å². The first-order chi connectivity index (χ1) is 10.6. The van der Waals surface area contributed by atoms with Crippen LogP contribution in [0.1, 0.15) is 11.6 Å². The van der Waals surface area contributed by atoms with E-state index in [1.807, 2.05) is 0 Å². The van der Waals surface area contributed by atoms with E-state index in [-0.39, 0.29) is 13.1 Å². The van der Waals surface area contributed by atoms with Gasteiger partial charge in [0.05, 0.1) is 6.54 Å². The van der Waals surface area contributed by atoms with Gasteiger partial charge in [-0.05, 0) is 5.56 Å². The molecule has 1 rings (SSSR count). The van der Waals surface area contributed by atoms with E-state index >= 15 is 0 Å². The fraction of sp³-hybridized carbons (Fsp3) is 0.357. The number of carbonyl (C=O) groups is 3. The van der Waals surface area contributed by atoms with Crippen LogP contribution in [0.15, 0.2) is 30.3 Å². The van der Waals surface area contributed by atoms with Crippen molar-refractivity contribution in [1.82, 2.24) is 16.0 Å². The Morgan fingerprint density at radius 3 is 2.32 bits per heavy atom. The molecule has 0 aliphatic carbocycles. The van der Waals surface area contributed by atoms with Crippen LogP contribution in [0.3, 0.4) is 0 Å². The summed E-state index contributed by atoms with van der Waals surface area (Å²) in [6, 6.07) is 7.23. The fourth-order valence-corrected chi connectivity index (χ4v) is 1.67. The highest BCUT2D eigenvalue weighted by molar-refractivity contribution is 5.91. The number of benzene rings is 1. The molecule has 0 aromatic heterocycles. The summed E-state index contributed by atoms with van der Waals surface area (Å²) in [5, 5.41) is 17.4. The smallest absolute Gasteiger partial charge is 0.250 e. The minimum absolute atomic E-state index is 0.135. The molecule has 3 N–H and O–H groups in total. The predicted octanol–water partition coefficient (Wildman–Crippen LogP) is -0.524. The van der Waals surface area contributed by atoms with Crippen molar-refractivity contribution >= 4 is 17.7 Å². The van der Waals surface area contributed by atoms with Crippen molar-refractivity contribution in [1.29, 1.82) is 0 Å². The van der Waals surface area contributed by atoms with Gasteiger partial charge in [0.1, 0.15) is 12.7 Å². The summed E-state index contributed by atoms with van der Waals surface area (Å²) in [7, 11) is 0. The monoisotopic (exact) mass is 310 g/mol. The zero-order chi connectivity index (χ0) is 16.4. The lowest BCUT2D eigenvalue weighted by molar-refractivity contribution is -0.132. The van der Waals surface area contributed by atoms with Crippen molar-refractivity contribution < 1.29 is 23.9 Å². The maximum absolute atomic E-state index is 12.1. The minimum Gasteiger partial charge on any atom is -0.352 e. The lowest BCUT2D eigenvalue weighted by Crippen LogP contribution is -2.44. The summed E-state index contributed by atoms with van der Waals surface area (Å²) < 4.78 is 11.9. The van der Waals surface area contributed by atoms with Crippen LogP contribution in [0, 0.1) is 0 Å². The molecule has 0 saturated carbocycles. The van der Waals surface area contributed by atoms with E-state index < -0.39 is 37.0 Å². The Labute approximate surface area is 126 Å². The number of rotatable bonds is 8. The lowest BCUT2D eigenvalue weighted by atomic mass is 10.1. The highest BCUT2D eigenvalue weighted by Gasteiger charge is 2.22. The quantitative estimate of drug-likeness (QED) is 0.601. The van der Waals surface area contributed by atoms with Crippen molar-refractivity contribution in [2.45, 2.75) is 6.04 Å². The van der Waals surface area contributed by atoms with Crippen molar-refractivity contribution in [3.05, 3.63) is 35.9 Å². The highest BCUT2D eigenvalue weighted by atomic mass is 19.1. The Hall–Kier alpha value is -2.48. The van der Waals surface area contributed by atoms with Crippen LogP contribution >= 0.6 is 0 Å². The van der Waals surface area contributed by atoms with Crippen LogP contribution in [0.4, 0.5) is 4.39 Å². The third kappa shape index (κ3) is 5.88. The normalized spacial score (nSPS) is 11.4. The van der Waals surface area contributed by atoms with Crippen molar-refractivity contribution in [2.75, 3.05) is 26.4 Å². The van der Waals surface area contributed by atoms with E-state index in [4.69, 9.17) is 0 Å². The van der Waals surface area contributed by atoms with E-state index in [0.29, 0.717) is 5.56 Å².